The van der Waals surface area contributed by atoms with E-state index in [1.807, 2.05) is 24.4 Å². The first-order valence-electron chi connectivity index (χ1n) is 15.2. The molecule has 0 saturated heterocycles. The number of furan rings is 1. The topological polar surface area (TPSA) is 183 Å². The largest absolute Gasteiger partial charge is 0.438 e. The van der Waals surface area contributed by atoms with Crippen molar-refractivity contribution in [3.8, 4) is 34.1 Å². The Morgan fingerprint density at radius 3 is 2.50 bits per heavy atom. The number of carbonyl (C=O) groups is 3. The Morgan fingerprint density at radius 2 is 1.84 bits per heavy atom. The van der Waals surface area contributed by atoms with Crippen LogP contribution in [-0.2, 0) is 21.4 Å². The highest BCUT2D eigenvalue weighted by atomic mass is 19.1. The van der Waals surface area contributed by atoms with E-state index in [1.54, 1.807) is 62.1 Å². The summed E-state index contributed by atoms with van der Waals surface area (Å²) in [6, 6.07) is 15.7. The van der Waals surface area contributed by atoms with Crippen molar-refractivity contribution in [2.24, 2.45) is 7.05 Å². The number of halogens is 1. The standard InChI is InChI=1S/C35H30FN9O5/c1-20(2)38-16-27(35(48)45(19-46)28-12-7-23(36)15-39-28)32(47)43-25-8-10-26(11-9-25)49-33-30-29(21-5-4-6-24(37)13-21)31(22-14-42-44(3)17-22)50-34(30)41-18-40-33/h4-20,38H,37H2,1-3H3,(H,43,47)/b27-16-. The number of nitrogen functional groups attached to an aromatic ring is 1. The number of carbonyl (C=O) groups excluding carboxylic acids is 3. The molecular weight excluding hydrogens is 645 g/mol. The van der Waals surface area contributed by atoms with Crippen LogP contribution in [0.5, 0.6) is 11.6 Å². The van der Waals surface area contributed by atoms with Crippen molar-refractivity contribution in [1.82, 2.24) is 30.0 Å². The van der Waals surface area contributed by atoms with E-state index < -0.39 is 17.6 Å². The summed E-state index contributed by atoms with van der Waals surface area (Å²) in [4.78, 5) is 51.7. The SMILES string of the molecule is CC(C)N/C=C(/C(=O)Nc1ccc(Oc2ncnc3oc(-c4cnn(C)c4)c(-c4cccc(N)c4)c23)cc1)C(=O)N(C=O)c1ccc(F)cn1. The number of anilines is 3. The van der Waals surface area contributed by atoms with Crippen LogP contribution >= 0.6 is 0 Å². The van der Waals surface area contributed by atoms with Gasteiger partial charge in [-0.25, -0.2) is 24.2 Å². The van der Waals surface area contributed by atoms with Crippen LogP contribution in [0.1, 0.15) is 13.8 Å². The van der Waals surface area contributed by atoms with E-state index in [0.717, 1.165) is 29.5 Å². The summed E-state index contributed by atoms with van der Waals surface area (Å²) in [5, 5.41) is 10.3. The molecule has 0 atom stereocenters. The summed E-state index contributed by atoms with van der Waals surface area (Å²) in [5.41, 5.74) is 9.04. The van der Waals surface area contributed by atoms with Gasteiger partial charge in [0, 0.05) is 42.4 Å². The molecule has 6 rings (SSSR count). The second kappa shape index (κ2) is 14.1. The molecule has 6 aromatic rings. The Morgan fingerprint density at radius 1 is 1.04 bits per heavy atom. The van der Waals surface area contributed by atoms with Crippen LogP contribution in [0.15, 0.2) is 102 Å². The van der Waals surface area contributed by atoms with Gasteiger partial charge in [-0.3, -0.25) is 19.1 Å². The third-order valence-corrected chi connectivity index (χ3v) is 7.24. The first-order valence-corrected chi connectivity index (χ1v) is 15.2. The van der Waals surface area contributed by atoms with Crippen LogP contribution < -0.4 is 26.0 Å². The Kier molecular flexibility index (Phi) is 9.29. The Bertz CT molecular complexity index is 2230. The molecule has 252 valence electrons. The molecule has 0 aliphatic rings. The number of hydrogen-bond donors (Lipinski definition) is 3. The van der Waals surface area contributed by atoms with Gasteiger partial charge < -0.3 is 25.5 Å². The van der Waals surface area contributed by atoms with Crippen molar-refractivity contribution in [3.05, 3.63) is 103 Å². The van der Waals surface area contributed by atoms with E-state index in [4.69, 9.17) is 14.9 Å². The summed E-state index contributed by atoms with van der Waals surface area (Å²) in [7, 11) is 1.80. The van der Waals surface area contributed by atoms with Crippen LogP contribution in [0, 0.1) is 5.82 Å². The number of ether oxygens (including phenoxy) is 1. The fourth-order valence-electron chi connectivity index (χ4n) is 4.93. The van der Waals surface area contributed by atoms with E-state index in [0.29, 0.717) is 38.7 Å². The molecule has 4 N–H and O–H groups in total. The lowest BCUT2D eigenvalue weighted by atomic mass is 10.0. The lowest BCUT2D eigenvalue weighted by molar-refractivity contribution is -0.121. The van der Waals surface area contributed by atoms with Crippen molar-refractivity contribution in [1.29, 1.82) is 0 Å². The monoisotopic (exact) mass is 675 g/mol. The zero-order valence-electron chi connectivity index (χ0n) is 27.0. The number of aromatic nitrogens is 5. The van der Waals surface area contributed by atoms with E-state index in [2.05, 4.69) is 30.7 Å². The van der Waals surface area contributed by atoms with Crippen molar-refractivity contribution in [2.45, 2.75) is 19.9 Å². The number of imide groups is 1. The number of nitrogens with one attached hydrogen (secondary N) is 2. The van der Waals surface area contributed by atoms with Crippen molar-refractivity contribution in [2.75, 3.05) is 16.0 Å². The Hall–Kier alpha value is -6.90. The van der Waals surface area contributed by atoms with Gasteiger partial charge in [-0.15, -0.1) is 0 Å². The zero-order valence-corrected chi connectivity index (χ0v) is 27.0. The summed E-state index contributed by atoms with van der Waals surface area (Å²) >= 11 is 0. The van der Waals surface area contributed by atoms with Gasteiger partial charge in [0.25, 0.3) is 11.8 Å². The van der Waals surface area contributed by atoms with Gasteiger partial charge in [-0.2, -0.15) is 5.10 Å². The molecule has 0 aliphatic carbocycles. The van der Waals surface area contributed by atoms with Gasteiger partial charge in [0.05, 0.1) is 18.0 Å². The number of benzene rings is 2. The maximum atomic E-state index is 13.4. The van der Waals surface area contributed by atoms with Crippen molar-refractivity contribution in [3.63, 3.8) is 0 Å². The van der Waals surface area contributed by atoms with Crippen LogP contribution in [-0.4, -0.2) is 49.0 Å². The minimum Gasteiger partial charge on any atom is -0.438 e. The number of nitrogens with zero attached hydrogens (tertiary/aromatic N) is 6. The van der Waals surface area contributed by atoms with Gasteiger partial charge >= 0.3 is 0 Å². The molecule has 2 aromatic carbocycles. The van der Waals surface area contributed by atoms with Crippen molar-refractivity contribution < 1.29 is 27.9 Å². The normalized spacial score (nSPS) is 11.4. The minimum atomic E-state index is -0.973. The highest BCUT2D eigenvalue weighted by Gasteiger charge is 2.27. The predicted octanol–water partition coefficient (Wildman–Crippen LogP) is 5.21. The average molecular weight is 676 g/mol. The fraction of sp³-hybridized carbons (Fsp3) is 0.114. The smallest absolute Gasteiger partial charge is 0.273 e. The van der Waals surface area contributed by atoms with Gasteiger partial charge in [-0.05, 0) is 67.9 Å². The summed E-state index contributed by atoms with van der Waals surface area (Å²) in [5.74, 6) is -1.50. The molecule has 0 radical (unpaired) electrons. The predicted molar refractivity (Wildman–Crippen MR) is 183 cm³/mol. The van der Waals surface area contributed by atoms with E-state index in [1.165, 1.54) is 12.5 Å². The highest BCUT2D eigenvalue weighted by molar-refractivity contribution is 6.30. The van der Waals surface area contributed by atoms with Gasteiger partial charge in [0.15, 0.2) is 0 Å². The van der Waals surface area contributed by atoms with Gasteiger partial charge in [0.1, 0.15) is 40.4 Å². The number of nitrogens with two attached hydrogens (primary N) is 1. The molecule has 15 heteroatoms. The molecule has 0 spiro atoms. The number of hydrogen-bond acceptors (Lipinski definition) is 11. The number of fused-ring (bicyclic) bond motifs is 1. The fourth-order valence-corrected chi connectivity index (χ4v) is 4.93. The molecule has 0 saturated carbocycles. The molecule has 14 nitrogen and oxygen atoms in total. The Balaban J connectivity index is 1.28. The third kappa shape index (κ3) is 7.01. The third-order valence-electron chi connectivity index (χ3n) is 7.24. The maximum absolute atomic E-state index is 13.4. The molecule has 0 unspecified atom stereocenters. The first-order chi connectivity index (χ1) is 24.1. The maximum Gasteiger partial charge on any atom is 0.273 e. The quantitative estimate of drug-likeness (QED) is 0.0539. The van der Waals surface area contributed by atoms with Crippen LogP contribution in [0.25, 0.3) is 33.6 Å². The molecule has 4 heterocycles. The zero-order chi connectivity index (χ0) is 35.4. The first kappa shape index (κ1) is 33.0. The molecule has 0 aliphatic heterocycles. The van der Waals surface area contributed by atoms with E-state index >= 15 is 0 Å². The summed E-state index contributed by atoms with van der Waals surface area (Å²) in [6.45, 7) is 3.61. The molecule has 4 aromatic heterocycles. The highest BCUT2D eigenvalue weighted by Crippen LogP contribution is 2.44. The van der Waals surface area contributed by atoms with Crippen LogP contribution in [0.2, 0.25) is 0 Å². The molecule has 50 heavy (non-hydrogen) atoms. The second-order valence-corrected chi connectivity index (χ2v) is 11.3. The number of rotatable bonds is 11. The molecule has 3 amide bonds. The van der Waals surface area contributed by atoms with E-state index in [9.17, 15) is 18.8 Å². The van der Waals surface area contributed by atoms with Crippen molar-refractivity contribution >= 4 is 46.5 Å². The number of amides is 3. The van der Waals surface area contributed by atoms with Crippen LogP contribution in [0.3, 0.4) is 0 Å². The molecule has 0 fully saturated rings. The molecule has 0 bridgehead atoms. The van der Waals surface area contributed by atoms with Crippen LogP contribution in [0.4, 0.5) is 21.6 Å². The van der Waals surface area contributed by atoms with Gasteiger partial charge in [0.2, 0.25) is 18.0 Å². The summed E-state index contributed by atoms with van der Waals surface area (Å²) in [6.07, 6.45) is 7.09. The summed E-state index contributed by atoms with van der Waals surface area (Å²) < 4.78 is 27.5. The second-order valence-electron chi connectivity index (χ2n) is 11.3. The lowest BCUT2D eigenvalue weighted by Gasteiger charge is -2.17. The number of pyridine rings is 1. The molecular formula is C35H30FN9O5. The average Bonchev–Trinajstić information content (AvgIpc) is 3.71. The minimum absolute atomic E-state index is 0.139. The Labute approximate surface area is 284 Å². The van der Waals surface area contributed by atoms with E-state index in [-0.39, 0.29) is 35.4 Å². The van der Waals surface area contributed by atoms with Gasteiger partial charge in [-0.1, -0.05) is 12.1 Å². The lowest BCUT2D eigenvalue weighted by Crippen LogP contribution is -2.37. The number of aryl methyl sites for hydroxylation is 1.